The van der Waals surface area contributed by atoms with Crippen LogP contribution in [0.15, 0.2) is 78.9 Å². The minimum atomic E-state index is -1.22. The number of cyclic esters (lactones) is 1. The molecule has 1 unspecified atom stereocenters. The number of rotatable bonds is 7. The molecule has 3 aromatic carbocycles. The fourth-order valence-electron chi connectivity index (χ4n) is 3.72. The van der Waals surface area contributed by atoms with Gasteiger partial charge in [-0.15, -0.1) is 0 Å². The van der Waals surface area contributed by atoms with Crippen LogP contribution in [0.4, 0.5) is 0 Å². The van der Waals surface area contributed by atoms with Gasteiger partial charge in [-0.1, -0.05) is 72.8 Å². The van der Waals surface area contributed by atoms with Crippen molar-refractivity contribution in [2.24, 2.45) is 0 Å². The number of fused-ring (bicyclic) bond motifs is 1. The molecular formula is C26H25NO4. The van der Waals surface area contributed by atoms with Crippen molar-refractivity contribution in [3.63, 3.8) is 0 Å². The predicted octanol–water partition coefficient (Wildman–Crippen LogP) is 4.19. The number of carbonyl (C=O) groups is 2. The van der Waals surface area contributed by atoms with Crippen LogP contribution in [0.3, 0.4) is 0 Å². The van der Waals surface area contributed by atoms with Gasteiger partial charge < -0.3 is 14.8 Å². The van der Waals surface area contributed by atoms with Crippen LogP contribution in [0, 0.1) is 0 Å². The van der Waals surface area contributed by atoms with E-state index in [1.165, 1.54) is 0 Å². The SMILES string of the molecule is CC1(C(=O)NCc2cccc(COCc3ccccc3)c2)Cc2ccccc2C(=O)O1. The lowest BCUT2D eigenvalue weighted by Crippen LogP contribution is -2.51. The quantitative estimate of drug-likeness (QED) is 0.588. The summed E-state index contributed by atoms with van der Waals surface area (Å²) >= 11 is 0. The molecule has 5 heteroatoms. The fourth-order valence-corrected chi connectivity index (χ4v) is 3.72. The molecule has 5 nitrogen and oxygen atoms in total. The first kappa shape index (κ1) is 20.8. The zero-order chi connectivity index (χ0) is 21.7. The molecule has 0 radical (unpaired) electrons. The molecule has 0 saturated heterocycles. The Balaban J connectivity index is 1.33. The third kappa shape index (κ3) is 5.01. The maximum atomic E-state index is 12.8. The topological polar surface area (TPSA) is 64.6 Å². The van der Waals surface area contributed by atoms with Crippen molar-refractivity contribution in [3.05, 3.63) is 107 Å². The smallest absolute Gasteiger partial charge is 0.339 e. The van der Waals surface area contributed by atoms with Gasteiger partial charge >= 0.3 is 5.97 Å². The second-order valence-electron chi connectivity index (χ2n) is 7.94. The van der Waals surface area contributed by atoms with Crippen molar-refractivity contribution in [1.82, 2.24) is 5.32 Å². The van der Waals surface area contributed by atoms with Gasteiger partial charge in [0.1, 0.15) is 0 Å². The highest BCUT2D eigenvalue weighted by Crippen LogP contribution is 2.28. The van der Waals surface area contributed by atoms with Crippen LogP contribution in [-0.2, 0) is 40.4 Å². The Hall–Kier alpha value is -3.44. The van der Waals surface area contributed by atoms with Gasteiger partial charge in [-0.2, -0.15) is 0 Å². The Bertz CT molecular complexity index is 1080. The maximum Gasteiger partial charge on any atom is 0.339 e. The summed E-state index contributed by atoms with van der Waals surface area (Å²) in [5.74, 6) is -0.766. The van der Waals surface area contributed by atoms with E-state index in [0.717, 1.165) is 22.3 Å². The lowest BCUT2D eigenvalue weighted by atomic mass is 9.89. The van der Waals surface area contributed by atoms with E-state index in [2.05, 4.69) is 5.32 Å². The van der Waals surface area contributed by atoms with Crippen LogP contribution in [0.1, 0.15) is 39.5 Å². The lowest BCUT2D eigenvalue weighted by molar-refractivity contribution is -0.139. The number of amides is 1. The van der Waals surface area contributed by atoms with Crippen molar-refractivity contribution in [2.45, 2.75) is 38.7 Å². The summed E-state index contributed by atoms with van der Waals surface area (Å²) in [6.45, 7) is 3.04. The van der Waals surface area contributed by atoms with Crippen LogP contribution >= 0.6 is 0 Å². The van der Waals surface area contributed by atoms with E-state index in [9.17, 15) is 9.59 Å². The van der Waals surface area contributed by atoms with E-state index >= 15 is 0 Å². The molecule has 4 rings (SSSR count). The summed E-state index contributed by atoms with van der Waals surface area (Å²) < 4.78 is 11.3. The normalized spacial score (nSPS) is 17.5. The minimum absolute atomic E-state index is 0.305. The number of nitrogens with one attached hydrogen (secondary N) is 1. The van der Waals surface area contributed by atoms with Gasteiger partial charge in [0, 0.05) is 13.0 Å². The molecule has 0 aliphatic carbocycles. The van der Waals surface area contributed by atoms with Gasteiger partial charge in [0.2, 0.25) is 0 Å². The first-order valence-electron chi connectivity index (χ1n) is 10.3. The van der Waals surface area contributed by atoms with Gasteiger partial charge in [0.05, 0.1) is 18.8 Å². The van der Waals surface area contributed by atoms with Gasteiger partial charge in [-0.25, -0.2) is 4.79 Å². The Morgan fingerprint density at radius 1 is 0.935 bits per heavy atom. The largest absolute Gasteiger partial charge is 0.445 e. The Morgan fingerprint density at radius 3 is 2.45 bits per heavy atom. The first-order valence-corrected chi connectivity index (χ1v) is 10.3. The Morgan fingerprint density at radius 2 is 1.61 bits per heavy atom. The molecule has 1 N–H and O–H groups in total. The second-order valence-corrected chi connectivity index (χ2v) is 7.94. The molecule has 31 heavy (non-hydrogen) atoms. The number of esters is 1. The van der Waals surface area contributed by atoms with E-state index < -0.39 is 11.6 Å². The molecule has 0 spiro atoms. The van der Waals surface area contributed by atoms with E-state index in [1.807, 2.05) is 66.7 Å². The van der Waals surface area contributed by atoms with Gasteiger partial charge in [-0.3, -0.25) is 4.79 Å². The maximum absolute atomic E-state index is 12.8. The average Bonchev–Trinajstić information content (AvgIpc) is 2.78. The third-order valence-electron chi connectivity index (χ3n) is 5.39. The van der Waals surface area contributed by atoms with E-state index in [0.29, 0.717) is 31.7 Å². The molecule has 0 aromatic heterocycles. The lowest BCUT2D eigenvalue weighted by Gasteiger charge is -2.33. The van der Waals surface area contributed by atoms with Gasteiger partial charge in [0.15, 0.2) is 5.60 Å². The predicted molar refractivity (Wildman–Crippen MR) is 117 cm³/mol. The van der Waals surface area contributed by atoms with Crippen LogP contribution < -0.4 is 5.32 Å². The molecule has 0 fully saturated rings. The van der Waals surface area contributed by atoms with Crippen molar-refractivity contribution in [3.8, 4) is 0 Å². The van der Waals surface area contributed by atoms with E-state index in [4.69, 9.17) is 9.47 Å². The van der Waals surface area contributed by atoms with Crippen LogP contribution in [0.2, 0.25) is 0 Å². The minimum Gasteiger partial charge on any atom is -0.445 e. The highest BCUT2D eigenvalue weighted by molar-refractivity contribution is 5.97. The summed E-state index contributed by atoms with van der Waals surface area (Å²) in [5.41, 5.74) is 3.25. The molecule has 1 heterocycles. The second kappa shape index (κ2) is 9.14. The Kier molecular flexibility index (Phi) is 6.14. The van der Waals surface area contributed by atoms with Crippen LogP contribution in [0.5, 0.6) is 0 Å². The van der Waals surface area contributed by atoms with E-state index in [1.54, 1.807) is 19.1 Å². The molecule has 1 amide bonds. The highest BCUT2D eigenvalue weighted by Gasteiger charge is 2.42. The zero-order valence-electron chi connectivity index (χ0n) is 17.5. The standard InChI is InChI=1S/C26H25NO4/c1-26(15-22-12-5-6-13-23(22)24(28)31-26)25(29)27-16-20-10-7-11-21(14-20)18-30-17-19-8-3-2-4-9-19/h2-14H,15-18H2,1H3,(H,27,29). The number of ether oxygens (including phenoxy) is 2. The first-order chi connectivity index (χ1) is 15.0. The summed E-state index contributed by atoms with van der Waals surface area (Å²) in [7, 11) is 0. The number of carbonyl (C=O) groups excluding carboxylic acids is 2. The molecule has 3 aromatic rings. The van der Waals surface area contributed by atoms with Gasteiger partial charge in [0.25, 0.3) is 5.91 Å². The summed E-state index contributed by atoms with van der Waals surface area (Å²) in [6.07, 6.45) is 0.355. The van der Waals surface area contributed by atoms with E-state index in [-0.39, 0.29) is 5.91 Å². The molecule has 1 aliphatic rings. The average molecular weight is 415 g/mol. The van der Waals surface area contributed by atoms with Crippen molar-refractivity contribution in [1.29, 1.82) is 0 Å². The number of hydrogen-bond donors (Lipinski definition) is 1. The van der Waals surface area contributed by atoms with Gasteiger partial charge in [-0.05, 0) is 35.2 Å². The Labute approximate surface area is 182 Å². The molecule has 1 aliphatic heterocycles. The van der Waals surface area contributed by atoms with Crippen LogP contribution in [-0.4, -0.2) is 17.5 Å². The molecule has 1 atom stereocenters. The van der Waals surface area contributed by atoms with Crippen molar-refractivity contribution < 1.29 is 19.1 Å². The molecule has 0 bridgehead atoms. The molecule has 158 valence electrons. The monoisotopic (exact) mass is 415 g/mol. The van der Waals surface area contributed by atoms with Crippen molar-refractivity contribution >= 4 is 11.9 Å². The highest BCUT2D eigenvalue weighted by atomic mass is 16.6. The summed E-state index contributed by atoms with van der Waals surface area (Å²) in [4.78, 5) is 25.2. The fraction of sp³-hybridized carbons (Fsp3) is 0.231. The molecular weight excluding hydrogens is 390 g/mol. The molecule has 0 saturated carbocycles. The zero-order valence-corrected chi connectivity index (χ0v) is 17.5. The number of benzene rings is 3. The summed E-state index contributed by atoms with van der Waals surface area (Å²) in [5, 5.41) is 2.91. The summed E-state index contributed by atoms with van der Waals surface area (Å²) in [6, 6.07) is 25.2. The van der Waals surface area contributed by atoms with Crippen molar-refractivity contribution in [2.75, 3.05) is 0 Å². The third-order valence-corrected chi connectivity index (χ3v) is 5.39. The van der Waals surface area contributed by atoms with Crippen LogP contribution in [0.25, 0.3) is 0 Å². The number of hydrogen-bond acceptors (Lipinski definition) is 4.